The number of aromatic nitrogens is 3. The van der Waals surface area contributed by atoms with Crippen molar-refractivity contribution in [3.05, 3.63) is 66.4 Å². The molecular formula is C19H18N4O. The van der Waals surface area contributed by atoms with E-state index in [0.717, 1.165) is 30.0 Å². The molecule has 0 aliphatic carbocycles. The van der Waals surface area contributed by atoms with Crippen molar-refractivity contribution in [3.63, 3.8) is 0 Å². The van der Waals surface area contributed by atoms with Crippen LogP contribution in [0.1, 0.15) is 11.7 Å². The van der Waals surface area contributed by atoms with Gasteiger partial charge in [-0.25, -0.2) is 4.68 Å². The lowest BCUT2D eigenvalue weighted by Gasteiger charge is -2.26. The third-order valence-electron chi connectivity index (χ3n) is 4.94. The zero-order valence-corrected chi connectivity index (χ0v) is 13.2. The van der Waals surface area contributed by atoms with Gasteiger partial charge >= 0.3 is 0 Å². The van der Waals surface area contributed by atoms with Crippen LogP contribution < -0.4 is 4.90 Å². The second-order valence-corrected chi connectivity index (χ2v) is 6.35. The molecule has 0 bridgehead atoms. The summed E-state index contributed by atoms with van der Waals surface area (Å²) in [4.78, 5) is 2.37. The molecule has 2 aliphatic rings. The molecule has 1 unspecified atom stereocenters. The Morgan fingerprint density at radius 3 is 2.46 bits per heavy atom. The van der Waals surface area contributed by atoms with Crippen LogP contribution in [0.2, 0.25) is 0 Å². The zero-order valence-electron chi connectivity index (χ0n) is 13.2. The fraction of sp³-hybridized carbons (Fsp3) is 0.263. The van der Waals surface area contributed by atoms with Crippen LogP contribution in [-0.2, 0) is 11.3 Å². The summed E-state index contributed by atoms with van der Waals surface area (Å²) in [5.74, 6) is 0. The van der Waals surface area contributed by atoms with Crippen molar-refractivity contribution in [2.24, 2.45) is 0 Å². The van der Waals surface area contributed by atoms with Gasteiger partial charge in [0.1, 0.15) is 5.69 Å². The maximum atomic E-state index is 6.16. The monoisotopic (exact) mass is 318 g/mol. The average molecular weight is 318 g/mol. The number of para-hydroxylation sites is 1. The van der Waals surface area contributed by atoms with Crippen molar-refractivity contribution < 1.29 is 4.74 Å². The van der Waals surface area contributed by atoms with Crippen LogP contribution in [0.5, 0.6) is 0 Å². The first-order valence-electron chi connectivity index (χ1n) is 8.31. The van der Waals surface area contributed by atoms with E-state index in [9.17, 15) is 0 Å². The highest BCUT2D eigenvalue weighted by Gasteiger charge is 2.40. The van der Waals surface area contributed by atoms with Crippen LogP contribution in [0.15, 0.2) is 60.7 Å². The molecular weight excluding hydrogens is 300 g/mol. The molecule has 0 N–H and O–H groups in total. The normalized spacial score (nSPS) is 22.2. The summed E-state index contributed by atoms with van der Waals surface area (Å²) in [5, 5.41) is 8.90. The molecule has 0 amide bonds. The van der Waals surface area contributed by atoms with Crippen LogP contribution in [0.3, 0.4) is 0 Å². The quantitative estimate of drug-likeness (QED) is 0.729. The lowest BCUT2D eigenvalue weighted by molar-refractivity contribution is -0.00225. The van der Waals surface area contributed by atoms with Gasteiger partial charge in [-0.2, -0.15) is 0 Å². The number of anilines is 1. The number of ether oxygens (including phenoxy) is 1. The summed E-state index contributed by atoms with van der Waals surface area (Å²) in [5.41, 5.74) is 4.35. The van der Waals surface area contributed by atoms with E-state index in [0.29, 0.717) is 6.61 Å². The topological polar surface area (TPSA) is 43.2 Å². The van der Waals surface area contributed by atoms with Crippen LogP contribution in [0.4, 0.5) is 5.69 Å². The van der Waals surface area contributed by atoms with E-state index >= 15 is 0 Å². The van der Waals surface area contributed by atoms with Crippen LogP contribution in [-0.4, -0.2) is 34.2 Å². The number of rotatable bonds is 2. The van der Waals surface area contributed by atoms with Crippen molar-refractivity contribution in [2.75, 3.05) is 18.0 Å². The minimum absolute atomic E-state index is 0.169. The number of fused-ring (bicyclic) bond motifs is 3. The van der Waals surface area contributed by atoms with Gasteiger partial charge in [-0.05, 0) is 12.1 Å². The van der Waals surface area contributed by atoms with Gasteiger partial charge in [0.05, 0.1) is 24.4 Å². The van der Waals surface area contributed by atoms with Gasteiger partial charge in [-0.15, -0.1) is 5.10 Å². The third kappa shape index (κ3) is 2.12. The molecule has 3 aromatic rings. The van der Waals surface area contributed by atoms with Gasteiger partial charge < -0.3 is 9.64 Å². The molecule has 5 heteroatoms. The Hall–Kier alpha value is -2.66. The number of benzene rings is 2. The van der Waals surface area contributed by atoms with Crippen molar-refractivity contribution >= 4 is 5.69 Å². The molecule has 2 aromatic carbocycles. The second kappa shape index (κ2) is 5.46. The Kier molecular flexibility index (Phi) is 3.13. The molecule has 0 radical (unpaired) electrons. The Morgan fingerprint density at radius 2 is 1.67 bits per heavy atom. The van der Waals surface area contributed by atoms with Gasteiger partial charge in [0.15, 0.2) is 0 Å². The highest BCUT2D eigenvalue weighted by Crippen LogP contribution is 2.35. The Morgan fingerprint density at radius 1 is 0.917 bits per heavy atom. The predicted octanol–water partition coefficient (Wildman–Crippen LogP) is 2.91. The molecule has 5 nitrogen and oxygen atoms in total. The first kappa shape index (κ1) is 13.7. The SMILES string of the molecule is c1ccc(-c2nnn3c2COC2CN(c4ccccc4)C[C@H]23)cc1. The largest absolute Gasteiger partial charge is 0.368 e. The molecule has 1 aromatic heterocycles. The van der Waals surface area contributed by atoms with E-state index in [-0.39, 0.29) is 12.1 Å². The van der Waals surface area contributed by atoms with Crippen molar-refractivity contribution in [1.82, 2.24) is 15.0 Å². The molecule has 0 spiro atoms. The van der Waals surface area contributed by atoms with Crippen molar-refractivity contribution in [3.8, 4) is 11.3 Å². The van der Waals surface area contributed by atoms with Crippen molar-refractivity contribution in [2.45, 2.75) is 18.8 Å². The fourth-order valence-corrected chi connectivity index (χ4v) is 3.73. The van der Waals surface area contributed by atoms with Gasteiger partial charge in [-0.3, -0.25) is 0 Å². The minimum atomic E-state index is 0.169. The Bertz CT molecular complexity index is 846. The molecule has 2 aliphatic heterocycles. The molecule has 5 rings (SSSR count). The summed E-state index contributed by atoms with van der Waals surface area (Å²) < 4.78 is 8.24. The van der Waals surface area contributed by atoms with E-state index in [4.69, 9.17) is 4.74 Å². The summed E-state index contributed by atoms with van der Waals surface area (Å²) in [6.07, 6.45) is 0.169. The molecule has 2 atom stereocenters. The van der Waals surface area contributed by atoms with Gasteiger partial charge in [0.2, 0.25) is 0 Å². The molecule has 3 heterocycles. The highest BCUT2D eigenvalue weighted by atomic mass is 16.5. The van der Waals surface area contributed by atoms with Gasteiger partial charge in [-0.1, -0.05) is 53.7 Å². The molecule has 1 fully saturated rings. The van der Waals surface area contributed by atoms with Gasteiger partial charge in [0.25, 0.3) is 0 Å². The molecule has 24 heavy (non-hydrogen) atoms. The van der Waals surface area contributed by atoms with Crippen LogP contribution >= 0.6 is 0 Å². The Balaban J connectivity index is 1.48. The molecule has 0 saturated carbocycles. The van der Waals surface area contributed by atoms with E-state index < -0.39 is 0 Å². The number of nitrogens with zero attached hydrogens (tertiary/aromatic N) is 4. The van der Waals surface area contributed by atoms with E-state index in [1.165, 1.54) is 5.69 Å². The first-order valence-corrected chi connectivity index (χ1v) is 8.31. The standard InChI is InChI=1S/C19H18N4O/c1-3-7-14(8-4-1)19-17-13-24-18-12-22(15-9-5-2-6-10-15)11-16(18)23(17)21-20-19/h1-10,16,18H,11-13H2/t16-,18?/m1/s1. The summed E-state index contributed by atoms with van der Waals surface area (Å²) in [6, 6.07) is 20.9. The Labute approximate surface area is 140 Å². The smallest absolute Gasteiger partial charge is 0.118 e. The fourth-order valence-electron chi connectivity index (χ4n) is 3.73. The van der Waals surface area contributed by atoms with E-state index in [1.807, 2.05) is 24.3 Å². The third-order valence-corrected chi connectivity index (χ3v) is 4.94. The molecule has 1 saturated heterocycles. The number of hydrogen-bond acceptors (Lipinski definition) is 4. The lowest BCUT2D eigenvalue weighted by Crippen LogP contribution is -2.32. The highest BCUT2D eigenvalue weighted by molar-refractivity contribution is 5.61. The predicted molar refractivity (Wildman–Crippen MR) is 91.7 cm³/mol. The first-order chi connectivity index (χ1) is 11.9. The summed E-state index contributed by atoms with van der Waals surface area (Å²) in [6.45, 7) is 2.37. The zero-order chi connectivity index (χ0) is 15.9. The van der Waals surface area contributed by atoms with Crippen LogP contribution in [0, 0.1) is 0 Å². The maximum absolute atomic E-state index is 6.16. The average Bonchev–Trinajstić information content (AvgIpc) is 3.27. The molecule has 120 valence electrons. The maximum Gasteiger partial charge on any atom is 0.118 e. The van der Waals surface area contributed by atoms with Crippen molar-refractivity contribution in [1.29, 1.82) is 0 Å². The van der Waals surface area contributed by atoms with E-state index in [2.05, 4.69) is 56.3 Å². The van der Waals surface area contributed by atoms with Gasteiger partial charge in [0, 0.05) is 24.3 Å². The minimum Gasteiger partial charge on any atom is -0.368 e. The summed E-state index contributed by atoms with van der Waals surface area (Å²) in [7, 11) is 0. The summed E-state index contributed by atoms with van der Waals surface area (Å²) >= 11 is 0. The lowest BCUT2D eigenvalue weighted by atomic mass is 10.1. The van der Waals surface area contributed by atoms with E-state index in [1.54, 1.807) is 0 Å². The number of hydrogen-bond donors (Lipinski definition) is 0. The van der Waals surface area contributed by atoms with Crippen LogP contribution in [0.25, 0.3) is 11.3 Å². The second-order valence-electron chi connectivity index (χ2n) is 6.35.